The number of carbonyl (C=O) groups is 1. The highest BCUT2D eigenvalue weighted by Gasteiger charge is 2.91. The second kappa shape index (κ2) is 4.29. The summed E-state index contributed by atoms with van der Waals surface area (Å²) in [7, 11) is 5.80. The summed E-state index contributed by atoms with van der Waals surface area (Å²) in [5.74, 6) is 1.92. The van der Waals surface area contributed by atoms with Gasteiger partial charge in [0, 0.05) is 35.1 Å². The van der Waals surface area contributed by atoms with Crippen LogP contribution < -0.4 is 9.47 Å². The van der Waals surface area contributed by atoms with E-state index in [1.54, 1.807) is 21.1 Å². The van der Waals surface area contributed by atoms with Gasteiger partial charge in [-0.05, 0) is 57.7 Å². The zero-order chi connectivity index (χ0) is 19.3. The third kappa shape index (κ3) is 1.23. The Morgan fingerprint density at radius 2 is 2.11 bits per heavy atom. The van der Waals surface area contributed by atoms with Crippen molar-refractivity contribution in [2.45, 2.75) is 67.7 Å². The van der Waals surface area contributed by atoms with Crippen molar-refractivity contribution in [3.63, 3.8) is 0 Å². The number of fused-ring (bicyclic) bond motifs is 2. The molecule has 8 unspecified atom stereocenters. The zero-order valence-electron chi connectivity index (χ0n) is 17.0. The van der Waals surface area contributed by atoms with E-state index in [0.717, 1.165) is 43.6 Å². The summed E-state index contributed by atoms with van der Waals surface area (Å²) >= 11 is 0. The molecule has 4 bridgehead atoms. The predicted molar refractivity (Wildman–Crippen MR) is 102 cm³/mol. The molecule has 1 aromatic carbocycles. The number of nitrogens with zero attached hydrogens (tertiary/aromatic N) is 1. The van der Waals surface area contributed by atoms with E-state index >= 15 is 0 Å². The van der Waals surface area contributed by atoms with E-state index < -0.39 is 5.60 Å². The normalized spacial score (nSPS) is 52.7. The summed E-state index contributed by atoms with van der Waals surface area (Å²) in [4.78, 5) is 15.5. The van der Waals surface area contributed by atoms with E-state index in [4.69, 9.17) is 14.2 Å². The van der Waals surface area contributed by atoms with Crippen molar-refractivity contribution in [2.75, 3.05) is 21.3 Å². The summed E-state index contributed by atoms with van der Waals surface area (Å²) in [5, 5.41) is 0. The molecule has 1 aromatic rings. The number of likely N-dealkylation sites (tertiary alicyclic amines) is 1. The van der Waals surface area contributed by atoms with Gasteiger partial charge in [-0.15, -0.1) is 0 Å². The maximum atomic E-state index is 12.8. The molecule has 3 spiro atoms. The molecule has 0 N–H and O–H groups in total. The van der Waals surface area contributed by atoms with Gasteiger partial charge in [0.15, 0.2) is 11.5 Å². The first kappa shape index (κ1) is 16.2. The van der Waals surface area contributed by atoms with Gasteiger partial charge in [-0.1, -0.05) is 6.07 Å². The van der Waals surface area contributed by atoms with Crippen LogP contribution >= 0.6 is 0 Å². The summed E-state index contributed by atoms with van der Waals surface area (Å²) < 4.78 is 18.8. The molecule has 5 nitrogen and oxygen atoms in total. The quantitative estimate of drug-likeness (QED) is 0.753. The molecule has 0 aromatic heterocycles. The standard InChI is InChI=1S/C23H27NO4/c1-12(25)14-10-20-7-8-23(14,27-4)19-22(20)11-21(18(20)24(21)2)9-13-5-6-15(26-3)17(28-19)16(13)22/h5-6,14,18-19H,7-11H2,1-4H3. The van der Waals surface area contributed by atoms with Crippen LogP contribution in [0.1, 0.15) is 43.7 Å². The number of Topliss-reactive ketones (excluding diaryl/α,β-unsaturated/α-hetero) is 1. The second-order valence-electron chi connectivity index (χ2n) is 10.3. The first-order valence-electron chi connectivity index (χ1n) is 10.6. The first-order valence-corrected chi connectivity index (χ1v) is 10.6. The maximum absolute atomic E-state index is 12.8. The monoisotopic (exact) mass is 381 g/mol. The van der Waals surface area contributed by atoms with E-state index in [1.807, 2.05) is 0 Å². The molecule has 5 fully saturated rings. The molecular formula is C23H27NO4. The smallest absolute Gasteiger partial charge is 0.165 e. The molecule has 148 valence electrons. The van der Waals surface area contributed by atoms with E-state index in [9.17, 15) is 4.79 Å². The first-order chi connectivity index (χ1) is 13.4. The molecule has 8 rings (SSSR count). The van der Waals surface area contributed by atoms with Gasteiger partial charge in [-0.25, -0.2) is 0 Å². The Hall–Kier alpha value is -1.59. The Balaban J connectivity index is 1.58. The lowest BCUT2D eigenvalue weighted by molar-refractivity contribution is -0.241. The number of hydrogen-bond donors (Lipinski definition) is 0. The van der Waals surface area contributed by atoms with Crippen LogP contribution in [0.4, 0.5) is 0 Å². The SMILES string of the molecule is COc1ccc2c3c1OC1C4(OC)CCC5(CC4C(C)=O)C4N(C)C4(C2)CC315. The van der Waals surface area contributed by atoms with Gasteiger partial charge in [0.05, 0.1) is 13.0 Å². The number of ketones is 1. The van der Waals surface area contributed by atoms with Gasteiger partial charge < -0.3 is 14.2 Å². The second-order valence-corrected chi connectivity index (χ2v) is 10.3. The van der Waals surface area contributed by atoms with Crippen LogP contribution in [0.25, 0.3) is 0 Å². The number of methoxy groups -OCH3 is 2. The Morgan fingerprint density at radius 3 is 2.82 bits per heavy atom. The van der Waals surface area contributed by atoms with Crippen molar-refractivity contribution in [2.24, 2.45) is 11.3 Å². The van der Waals surface area contributed by atoms with Crippen LogP contribution in [0, 0.1) is 11.3 Å². The number of likely N-dealkylation sites (N-methyl/N-ethyl adjacent to an activating group) is 1. The Labute approximate surface area is 165 Å². The number of carbonyl (C=O) groups excluding carboxylic acids is 1. The molecule has 1 saturated heterocycles. The van der Waals surface area contributed by atoms with E-state index in [0.29, 0.717) is 6.04 Å². The van der Waals surface area contributed by atoms with Crippen molar-refractivity contribution in [3.05, 3.63) is 23.3 Å². The van der Waals surface area contributed by atoms with Gasteiger partial charge in [0.1, 0.15) is 17.5 Å². The van der Waals surface area contributed by atoms with E-state index in [2.05, 4.69) is 24.1 Å². The molecule has 28 heavy (non-hydrogen) atoms. The molecular weight excluding hydrogens is 354 g/mol. The summed E-state index contributed by atoms with van der Waals surface area (Å²) in [5.41, 5.74) is 2.59. The summed E-state index contributed by atoms with van der Waals surface area (Å²) in [6, 6.07) is 4.88. The molecule has 8 atom stereocenters. The van der Waals surface area contributed by atoms with Gasteiger partial charge >= 0.3 is 0 Å². The van der Waals surface area contributed by atoms with Crippen molar-refractivity contribution in [3.8, 4) is 11.5 Å². The number of benzene rings is 1. The van der Waals surface area contributed by atoms with Gasteiger partial charge in [-0.2, -0.15) is 0 Å². The number of rotatable bonds is 3. The third-order valence-corrected chi connectivity index (χ3v) is 10.0. The van der Waals surface area contributed by atoms with Gasteiger partial charge in [0.25, 0.3) is 0 Å². The highest BCUT2D eigenvalue weighted by atomic mass is 16.6. The lowest BCUT2D eigenvalue weighted by atomic mass is 9.40. The molecule has 2 aliphatic heterocycles. The molecule has 2 heterocycles. The Bertz CT molecular complexity index is 976. The van der Waals surface area contributed by atoms with Crippen LogP contribution in [-0.4, -0.2) is 55.2 Å². The number of ether oxygens (including phenoxy) is 3. The fraction of sp³-hybridized carbons (Fsp3) is 0.696. The van der Waals surface area contributed by atoms with Crippen LogP contribution in [0.2, 0.25) is 0 Å². The zero-order valence-corrected chi connectivity index (χ0v) is 17.0. The highest BCUT2D eigenvalue weighted by molar-refractivity contribution is 5.82. The van der Waals surface area contributed by atoms with Crippen LogP contribution in [0.3, 0.4) is 0 Å². The summed E-state index contributed by atoms with van der Waals surface area (Å²) in [6.45, 7) is 1.75. The Kier molecular flexibility index (Phi) is 2.49. The molecule has 0 radical (unpaired) electrons. The van der Waals surface area contributed by atoms with Crippen molar-refractivity contribution >= 4 is 5.78 Å². The van der Waals surface area contributed by atoms with E-state index in [-0.39, 0.29) is 34.2 Å². The molecule has 0 amide bonds. The third-order valence-electron chi connectivity index (χ3n) is 10.0. The summed E-state index contributed by atoms with van der Waals surface area (Å²) in [6.07, 6.45) is 5.09. The lowest BCUT2D eigenvalue weighted by Crippen LogP contribution is -2.75. The molecule has 7 aliphatic rings. The largest absolute Gasteiger partial charge is 0.493 e. The minimum Gasteiger partial charge on any atom is -0.493 e. The number of piperidine rings is 1. The predicted octanol–water partition coefficient (Wildman–Crippen LogP) is 2.48. The highest BCUT2D eigenvalue weighted by Crippen LogP contribution is 2.84. The van der Waals surface area contributed by atoms with Crippen LogP contribution in [0.15, 0.2) is 12.1 Å². The van der Waals surface area contributed by atoms with Gasteiger partial charge in [-0.3, -0.25) is 9.69 Å². The van der Waals surface area contributed by atoms with Crippen molar-refractivity contribution < 1.29 is 19.0 Å². The topological polar surface area (TPSA) is 47.8 Å². The molecule has 4 saturated carbocycles. The van der Waals surface area contributed by atoms with E-state index in [1.165, 1.54) is 11.1 Å². The fourth-order valence-electron chi connectivity index (χ4n) is 9.26. The van der Waals surface area contributed by atoms with Crippen molar-refractivity contribution in [1.82, 2.24) is 4.90 Å². The van der Waals surface area contributed by atoms with Crippen LogP contribution in [-0.2, 0) is 21.4 Å². The van der Waals surface area contributed by atoms with Crippen LogP contribution in [0.5, 0.6) is 11.5 Å². The minimum absolute atomic E-state index is 0.0398. The fourth-order valence-corrected chi connectivity index (χ4v) is 9.26. The molecule has 5 aliphatic carbocycles. The average molecular weight is 381 g/mol. The van der Waals surface area contributed by atoms with Crippen molar-refractivity contribution in [1.29, 1.82) is 0 Å². The average Bonchev–Trinajstić information content (AvgIpc) is 3.00. The number of hydrogen-bond acceptors (Lipinski definition) is 5. The lowest BCUT2D eigenvalue weighted by Gasteiger charge is -2.66. The minimum atomic E-state index is -0.525. The van der Waals surface area contributed by atoms with Gasteiger partial charge in [0.2, 0.25) is 0 Å². The molecule has 5 heteroatoms. The maximum Gasteiger partial charge on any atom is 0.165 e. The Morgan fingerprint density at radius 1 is 1.29 bits per heavy atom.